The van der Waals surface area contributed by atoms with E-state index < -0.39 is 17.1 Å². The normalized spacial score (nSPS) is 13.0. The van der Waals surface area contributed by atoms with E-state index in [2.05, 4.69) is 33.2 Å². The predicted octanol–water partition coefficient (Wildman–Crippen LogP) is 3.02. The van der Waals surface area contributed by atoms with Gasteiger partial charge in [0.05, 0.1) is 5.41 Å². The second-order valence-corrected chi connectivity index (χ2v) is 8.54. The fourth-order valence-corrected chi connectivity index (χ4v) is 2.37. The van der Waals surface area contributed by atoms with Crippen molar-refractivity contribution in [2.75, 3.05) is 26.7 Å². The zero-order valence-electron chi connectivity index (χ0n) is 19.4. The third-order valence-corrected chi connectivity index (χ3v) is 4.01. The monoisotopic (exact) mass is 527 g/mol. The van der Waals surface area contributed by atoms with Crippen molar-refractivity contribution in [3.05, 3.63) is 0 Å². The van der Waals surface area contributed by atoms with Crippen molar-refractivity contribution in [3.63, 3.8) is 0 Å². The summed E-state index contributed by atoms with van der Waals surface area (Å²) in [6, 6.07) is 0.00579. The number of aliphatic imine (C=N–C) groups is 1. The van der Waals surface area contributed by atoms with E-state index in [1.54, 1.807) is 7.05 Å². The smallest absolute Gasteiger partial charge is 0.407 e. The van der Waals surface area contributed by atoms with Crippen LogP contribution in [0.15, 0.2) is 4.99 Å². The molecule has 1 unspecified atom stereocenters. The van der Waals surface area contributed by atoms with Crippen LogP contribution in [0.1, 0.15) is 67.7 Å². The second-order valence-electron chi connectivity index (χ2n) is 8.54. The average Bonchev–Trinajstić information content (AvgIpc) is 2.59. The largest absolute Gasteiger partial charge is 0.444 e. The molecule has 0 aromatic carbocycles. The van der Waals surface area contributed by atoms with Crippen LogP contribution in [0, 0.1) is 5.41 Å². The van der Waals surface area contributed by atoms with Gasteiger partial charge in [-0.2, -0.15) is 0 Å². The minimum atomic E-state index is -0.568. The molecule has 29 heavy (non-hydrogen) atoms. The molecule has 0 aromatic heterocycles. The van der Waals surface area contributed by atoms with E-state index in [1.165, 1.54) is 0 Å². The molecule has 0 saturated carbocycles. The van der Waals surface area contributed by atoms with Crippen LogP contribution in [0.3, 0.4) is 0 Å². The maximum absolute atomic E-state index is 12.1. The summed E-state index contributed by atoms with van der Waals surface area (Å²) >= 11 is 0. The van der Waals surface area contributed by atoms with E-state index in [9.17, 15) is 9.59 Å². The third kappa shape index (κ3) is 14.4. The summed E-state index contributed by atoms with van der Waals surface area (Å²) in [5.41, 5.74) is -1.10. The highest BCUT2D eigenvalue weighted by Gasteiger charge is 2.27. The molecule has 0 aliphatic heterocycles. The molecule has 1 atom stereocenters. The van der Waals surface area contributed by atoms with Crippen molar-refractivity contribution in [1.82, 2.24) is 21.3 Å². The number of hydrogen-bond donors (Lipinski definition) is 4. The maximum Gasteiger partial charge on any atom is 0.407 e. The topological polar surface area (TPSA) is 104 Å². The van der Waals surface area contributed by atoms with Gasteiger partial charge in [-0.3, -0.25) is 9.79 Å². The van der Waals surface area contributed by atoms with Gasteiger partial charge in [-0.1, -0.05) is 19.8 Å². The summed E-state index contributed by atoms with van der Waals surface area (Å²) in [5, 5.41) is 12.2. The molecule has 0 rings (SSSR count). The number of guanidine groups is 1. The first-order chi connectivity index (χ1) is 12.9. The number of carbonyl (C=O) groups excluding carboxylic acids is 2. The lowest BCUT2D eigenvalue weighted by molar-refractivity contribution is -0.128. The molecule has 0 spiro atoms. The molecule has 0 saturated heterocycles. The SMILES string of the molecule is CCCCC(CNC(=O)OC(C)(C)C)NC(=NC)NCC(C)(C)C(=O)NCC.I. The number of ether oxygens (including phenoxy) is 1. The van der Waals surface area contributed by atoms with E-state index in [-0.39, 0.29) is 35.9 Å². The van der Waals surface area contributed by atoms with Gasteiger partial charge in [0, 0.05) is 32.7 Å². The number of alkyl carbamates (subject to hydrolysis) is 1. The van der Waals surface area contributed by atoms with Crippen LogP contribution in [0.25, 0.3) is 0 Å². The van der Waals surface area contributed by atoms with E-state index in [1.807, 2.05) is 41.5 Å². The van der Waals surface area contributed by atoms with Crippen molar-refractivity contribution >= 4 is 41.9 Å². The highest BCUT2D eigenvalue weighted by atomic mass is 127. The molecule has 8 nitrogen and oxygen atoms in total. The van der Waals surface area contributed by atoms with Gasteiger partial charge in [-0.25, -0.2) is 4.79 Å². The molecule has 0 radical (unpaired) electrons. The number of nitrogens with zero attached hydrogens (tertiary/aromatic N) is 1. The molecule has 2 amide bonds. The van der Waals surface area contributed by atoms with Crippen molar-refractivity contribution in [2.45, 2.75) is 79.4 Å². The van der Waals surface area contributed by atoms with Crippen LogP contribution in [0.5, 0.6) is 0 Å². The number of hydrogen-bond acceptors (Lipinski definition) is 4. The number of amides is 2. The Bertz CT molecular complexity index is 519. The van der Waals surface area contributed by atoms with Crippen molar-refractivity contribution in [2.24, 2.45) is 10.4 Å². The number of unbranched alkanes of at least 4 members (excludes halogenated alkanes) is 1. The lowest BCUT2D eigenvalue weighted by atomic mass is 9.92. The molecule has 172 valence electrons. The fourth-order valence-electron chi connectivity index (χ4n) is 2.37. The molecule has 0 bridgehead atoms. The van der Waals surface area contributed by atoms with Gasteiger partial charge in [-0.15, -0.1) is 24.0 Å². The molecule has 0 aromatic rings. The average molecular weight is 527 g/mol. The Labute approximate surface area is 193 Å². The molecule has 9 heteroatoms. The number of nitrogens with one attached hydrogen (secondary N) is 4. The maximum atomic E-state index is 12.1. The van der Waals surface area contributed by atoms with E-state index in [4.69, 9.17) is 4.74 Å². The third-order valence-electron chi connectivity index (χ3n) is 4.01. The highest BCUT2D eigenvalue weighted by Crippen LogP contribution is 2.13. The number of halogens is 1. The zero-order valence-corrected chi connectivity index (χ0v) is 21.7. The summed E-state index contributed by atoms with van der Waals surface area (Å²) in [7, 11) is 1.69. The first-order valence-electron chi connectivity index (χ1n) is 10.2. The molecular weight excluding hydrogens is 485 g/mol. The van der Waals surface area contributed by atoms with E-state index in [0.717, 1.165) is 19.3 Å². The minimum absolute atomic E-state index is 0. The van der Waals surface area contributed by atoms with Gasteiger partial charge in [0.25, 0.3) is 0 Å². The lowest BCUT2D eigenvalue weighted by Crippen LogP contribution is -2.52. The van der Waals surface area contributed by atoms with Crippen molar-refractivity contribution < 1.29 is 14.3 Å². The Morgan fingerprint density at radius 3 is 2.14 bits per heavy atom. The van der Waals surface area contributed by atoms with Gasteiger partial charge in [0.2, 0.25) is 5.91 Å². The Kier molecular flexibility index (Phi) is 15.2. The highest BCUT2D eigenvalue weighted by molar-refractivity contribution is 14.0. The van der Waals surface area contributed by atoms with Crippen LogP contribution >= 0.6 is 24.0 Å². The van der Waals surface area contributed by atoms with Crippen LogP contribution < -0.4 is 21.3 Å². The number of carbonyl (C=O) groups is 2. The molecular formula is C20H42IN5O3. The summed E-state index contributed by atoms with van der Waals surface area (Å²) < 4.78 is 5.30. The van der Waals surface area contributed by atoms with Crippen LogP contribution in [-0.2, 0) is 9.53 Å². The quantitative estimate of drug-likeness (QED) is 0.199. The predicted molar refractivity (Wildman–Crippen MR) is 130 cm³/mol. The minimum Gasteiger partial charge on any atom is -0.444 e. The second kappa shape index (κ2) is 14.7. The van der Waals surface area contributed by atoms with Crippen LogP contribution in [0.2, 0.25) is 0 Å². The van der Waals surface area contributed by atoms with Crippen LogP contribution in [0.4, 0.5) is 4.79 Å². The molecule has 0 aliphatic rings. The van der Waals surface area contributed by atoms with E-state index in [0.29, 0.717) is 25.6 Å². The lowest BCUT2D eigenvalue weighted by Gasteiger charge is -2.27. The molecule has 0 heterocycles. The van der Waals surface area contributed by atoms with Gasteiger partial charge in [-0.05, 0) is 48.0 Å². The summed E-state index contributed by atoms with van der Waals surface area (Å²) in [6.07, 6.45) is 2.53. The molecule has 0 fully saturated rings. The summed E-state index contributed by atoms with van der Waals surface area (Å²) in [6.45, 7) is 14.8. The zero-order chi connectivity index (χ0) is 21.8. The van der Waals surface area contributed by atoms with Crippen molar-refractivity contribution in [1.29, 1.82) is 0 Å². The summed E-state index contributed by atoms with van der Waals surface area (Å²) in [4.78, 5) is 28.3. The summed E-state index contributed by atoms with van der Waals surface area (Å²) in [5.74, 6) is 0.594. The fraction of sp³-hybridized carbons (Fsp3) is 0.850. The Hall–Kier alpha value is -1.26. The molecule has 0 aliphatic carbocycles. The first kappa shape index (κ1) is 29.9. The van der Waals surface area contributed by atoms with Gasteiger partial charge < -0.3 is 26.0 Å². The Morgan fingerprint density at radius 2 is 1.66 bits per heavy atom. The standard InChI is InChI=1S/C20H41N5O3.HI/c1-9-11-12-15(13-23-18(27)28-19(3,4)5)25-17(21-8)24-14-20(6,7)16(26)22-10-2;/h15H,9-14H2,1-8H3,(H,22,26)(H,23,27)(H2,21,24,25);1H. The Balaban J connectivity index is 0. The van der Waals surface area contributed by atoms with Crippen LogP contribution in [-0.4, -0.2) is 56.3 Å². The van der Waals surface area contributed by atoms with Gasteiger partial charge >= 0.3 is 6.09 Å². The van der Waals surface area contributed by atoms with Crippen molar-refractivity contribution in [3.8, 4) is 0 Å². The molecule has 4 N–H and O–H groups in total. The first-order valence-corrected chi connectivity index (χ1v) is 10.2. The Morgan fingerprint density at radius 1 is 1.03 bits per heavy atom. The van der Waals surface area contributed by atoms with E-state index >= 15 is 0 Å². The van der Waals surface area contributed by atoms with Gasteiger partial charge in [0.15, 0.2) is 5.96 Å². The number of rotatable bonds is 10. The van der Waals surface area contributed by atoms with Gasteiger partial charge in [0.1, 0.15) is 5.60 Å².